The van der Waals surface area contributed by atoms with E-state index in [1.54, 1.807) is 11.8 Å². The number of nitrogens with zero attached hydrogens (tertiary/aromatic N) is 1. The van der Waals surface area contributed by atoms with Gasteiger partial charge in [-0.2, -0.15) is 0 Å². The summed E-state index contributed by atoms with van der Waals surface area (Å²) in [7, 11) is 0. The van der Waals surface area contributed by atoms with Crippen molar-refractivity contribution >= 4 is 16.8 Å². The standard InChI is InChI=1S/C11H13NOS/c1-2-10-13-8-12-11(14-10)9-6-4-3-5-7-9/h3-7,10H,2,8H2,1H3. The first kappa shape index (κ1) is 9.74. The van der Waals surface area contributed by atoms with E-state index in [4.69, 9.17) is 4.74 Å². The van der Waals surface area contributed by atoms with E-state index < -0.39 is 0 Å². The minimum absolute atomic E-state index is 0.266. The first-order valence-corrected chi connectivity index (χ1v) is 5.66. The third-order valence-electron chi connectivity index (χ3n) is 2.07. The van der Waals surface area contributed by atoms with Crippen molar-refractivity contribution in [3.8, 4) is 0 Å². The van der Waals surface area contributed by atoms with Crippen LogP contribution in [0.1, 0.15) is 18.9 Å². The number of rotatable bonds is 2. The Morgan fingerprint density at radius 1 is 1.43 bits per heavy atom. The zero-order valence-electron chi connectivity index (χ0n) is 8.14. The summed E-state index contributed by atoms with van der Waals surface area (Å²) >= 11 is 1.71. The number of benzene rings is 1. The van der Waals surface area contributed by atoms with Crippen LogP contribution < -0.4 is 0 Å². The zero-order valence-corrected chi connectivity index (χ0v) is 8.96. The highest BCUT2D eigenvalue weighted by atomic mass is 32.2. The lowest BCUT2D eigenvalue weighted by Crippen LogP contribution is -2.17. The summed E-state index contributed by atoms with van der Waals surface area (Å²) in [5.41, 5.74) is 1.46. The van der Waals surface area contributed by atoms with Crippen molar-refractivity contribution < 1.29 is 4.74 Å². The second-order valence-electron chi connectivity index (χ2n) is 3.08. The van der Waals surface area contributed by atoms with Crippen LogP contribution in [0.4, 0.5) is 0 Å². The van der Waals surface area contributed by atoms with Crippen molar-refractivity contribution in [3.05, 3.63) is 35.9 Å². The lowest BCUT2D eigenvalue weighted by Gasteiger charge is -2.20. The number of hydrogen-bond donors (Lipinski definition) is 0. The molecule has 0 N–H and O–H groups in total. The summed E-state index contributed by atoms with van der Waals surface area (Å²) in [4.78, 5) is 4.36. The molecule has 0 bridgehead atoms. The largest absolute Gasteiger partial charge is 0.345 e. The minimum atomic E-state index is 0.266. The molecule has 0 radical (unpaired) electrons. The van der Waals surface area contributed by atoms with Gasteiger partial charge in [-0.25, -0.2) is 4.99 Å². The molecular weight excluding hydrogens is 194 g/mol. The van der Waals surface area contributed by atoms with Gasteiger partial charge in [-0.05, 0) is 6.42 Å². The van der Waals surface area contributed by atoms with Gasteiger partial charge >= 0.3 is 0 Å². The first-order chi connectivity index (χ1) is 6.90. The summed E-state index contributed by atoms with van der Waals surface area (Å²) < 4.78 is 5.45. The Bertz CT molecular complexity index is 323. The van der Waals surface area contributed by atoms with Crippen LogP contribution in [-0.4, -0.2) is 17.2 Å². The Labute approximate surface area is 88.4 Å². The molecule has 0 saturated carbocycles. The van der Waals surface area contributed by atoms with Crippen LogP contribution in [0.2, 0.25) is 0 Å². The number of thioether (sulfide) groups is 1. The Morgan fingerprint density at radius 3 is 2.93 bits per heavy atom. The highest BCUT2D eigenvalue weighted by Crippen LogP contribution is 2.25. The van der Waals surface area contributed by atoms with Crippen molar-refractivity contribution in [3.63, 3.8) is 0 Å². The summed E-state index contributed by atoms with van der Waals surface area (Å²) in [5, 5.41) is 1.10. The fourth-order valence-electron chi connectivity index (χ4n) is 1.32. The van der Waals surface area contributed by atoms with Crippen molar-refractivity contribution in [1.29, 1.82) is 0 Å². The van der Waals surface area contributed by atoms with Gasteiger partial charge < -0.3 is 4.74 Å². The Hall–Kier alpha value is -0.800. The van der Waals surface area contributed by atoms with E-state index in [1.165, 1.54) is 5.56 Å². The van der Waals surface area contributed by atoms with E-state index in [0.717, 1.165) is 11.5 Å². The zero-order chi connectivity index (χ0) is 9.80. The van der Waals surface area contributed by atoms with Crippen molar-refractivity contribution in [2.24, 2.45) is 4.99 Å². The van der Waals surface area contributed by atoms with Crippen LogP contribution in [0.3, 0.4) is 0 Å². The molecule has 0 aromatic heterocycles. The third kappa shape index (κ3) is 2.16. The SMILES string of the molecule is CCC1OCN=C(c2ccccc2)S1. The van der Waals surface area contributed by atoms with E-state index in [9.17, 15) is 0 Å². The second-order valence-corrected chi connectivity index (χ2v) is 4.23. The maximum atomic E-state index is 5.45. The summed E-state index contributed by atoms with van der Waals surface area (Å²) in [5.74, 6) is 0. The van der Waals surface area contributed by atoms with Gasteiger partial charge in [-0.3, -0.25) is 0 Å². The molecule has 1 aromatic carbocycles. The predicted molar refractivity (Wildman–Crippen MR) is 60.6 cm³/mol. The van der Waals surface area contributed by atoms with Crippen LogP contribution in [0.5, 0.6) is 0 Å². The van der Waals surface area contributed by atoms with Crippen LogP contribution in [0, 0.1) is 0 Å². The maximum absolute atomic E-state index is 5.45. The van der Waals surface area contributed by atoms with Gasteiger partial charge in [0.05, 0.1) is 0 Å². The van der Waals surface area contributed by atoms with Gasteiger partial charge in [0.1, 0.15) is 17.2 Å². The first-order valence-electron chi connectivity index (χ1n) is 4.78. The minimum Gasteiger partial charge on any atom is -0.345 e. The average Bonchev–Trinajstić information content (AvgIpc) is 2.30. The lowest BCUT2D eigenvalue weighted by molar-refractivity contribution is 0.116. The molecular formula is C11H13NOS. The molecule has 1 aliphatic rings. The van der Waals surface area contributed by atoms with Crippen LogP contribution in [-0.2, 0) is 4.74 Å². The van der Waals surface area contributed by atoms with E-state index in [0.29, 0.717) is 6.73 Å². The lowest BCUT2D eigenvalue weighted by atomic mass is 10.2. The molecule has 74 valence electrons. The summed E-state index contributed by atoms with van der Waals surface area (Å²) in [6, 6.07) is 10.3. The van der Waals surface area contributed by atoms with Gasteiger partial charge in [0.2, 0.25) is 0 Å². The van der Waals surface area contributed by atoms with E-state index >= 15 is 0 Å². The predicted octanol–water partition coefficient (Wildman–Crippen LogP) is 2.89. The molecule has 1 aromatic rings. The summed E-state index contributed by atoms with van der Waals surface area (Å²) in [6.45, 7) is 2.63. The summed E-state index contributed by atoms with van der Waals surface area (Å²) in [6.07, 6.45) is 1.02. The molecule has 0 fully saturated rings. The number of ether oxygens (including phenoxy) is 1. The van der Waals surface area contributed by atoms with E-state index in [2.05, 4.69) is 24.0 Å². The molecule has 2 nitrogen and oxygen atoms in total. The van der Waals surface area contributed by atoms with Crippen molar-refractivity contribution in [2.75, 3.05) is 6.73 Å². The molecule has 1 unspecified atom stereocenters. The quantitative estimate of drug-likeness (QED) is 0.743. The van der Waals surface area contributed by atoms with Crippen molar-refractivity contribution in [2.45, 2.75) is 18.8 Å². The van der Waals surface area contributed by atoms with Crippen LogP contribution in [0.25, 0.3) is 0 Å². The topological polar surface area (TPSA) is 21.6 Å². The molecule has 1 atom stereocenters. The number of aliphatic imine (C=N–C) groups is 1. The van der Waals surface area contributed by atoms with Gasteiger partial charge in [0.15, 0.2) is 0 Å². The molecule has 0 spiro atoms. The fraction of sp³-hybridized carbons (Fsp3) is 0.364. The van der Waals surface area contributed by atoms with E-state index in [1.807, 2.05) is 18.2 Å². The molecule has 2 rings (SSSR count). The molecule has 0 amide bonds. The monoisotopic (exact) mass is 207 g/mol. The molecule has 0 saturated heterocycles. The van der Waals surface area contributed by atoms with Gasteiger partial charge in [-0.1, -0.05) is 49.0 Å². The highest BCUT2D eigenvalue weighted by molar-refractivity contribution is 8.14. The third-order valence-corrected chi connectivity index (χ3v) is 3.39. The molecule has 1 heterocycles. The normalized spacial score (nSPS) is 21.8. The Balaban J connectivity index is 2.16. The molecule has 1 aliphatic heterocycles. The second kappa shape index (κ2) is 4.62. The van der Waals surface area contributed by atoms with Crippen molar-refractivity contribution in [1.82, 2.24) is 0 Å². The Morgan fingerprint density at radius 2 is 2.21 bits per heavy atom. The fourth-order valence-corrected chi connectivity index (χ4v) is 2.26. The smallest absolute Gasteiger partial charge is 0.140 e. The van der Waals surface area contributed by atoms with Crippen LogP contribution >= 0.6 is 11.8 Å². The Kier molecular flexibility index (Phi) is 3.22. The average molecular weight is 207 g/mol. The van der Waals surface area contributed by atoms with Crippen LogP contribution in [0.15, 0.2) is 35.3 Å². The number of hydrogen-bond acceptors (Lipinski definition) is 3. The van der Waals surface area contributed by atoms with Gasteiger partial charge in [0, 0.05) is 5.56 Å². The molecule has 0 aliphatic carbocycles. The highest BCUT2D eigenvalue weighted by Gasteiger charge is 2.16. The molecule has 3 heteroatoms. The maximum Gasteiger partial charge on any atom is 0.140 e. The van der Waals surface area contributed by atoms with E-state index in [-0.39, 0.29) is 5.44 Å². The van der Waals surface area contributed by atoms with Gasteiger partial charge in [0.25, 0.3) is 0 Å². The van der Waals surface area contributed by atoms with Gasteiger partial charge in [-0.15, -0.1) is 0 Å². The molecule has 14 heavy (non-hydrogen) atoms.